The summed E-state index contributed by atoms with van der Waals surface area (Å²) in [4.78, 5) is 12.2. The van der Waals surface area contributed by atoms with Crippen molar-refractivity contribution in [1.29, 1.82) is 0 Å². The number of halogens is 3. The molecule has 108 valence electrons. The van der Waals surface area contributed by atoms with Gasteiger partial charge in [0, 0.05) is 4.47 Å². The van der Waals surface area contributed by atoms with Gasteiger partial charge in [-0.3, -0.25) is 4.79 Å². The average molecular weight is 345 g/mol. The summed E-state index contributed by atoms with van der Waals surface area (Å²) < 4.78 is 27.7. The van der Waals surface area contributed by atoms with Crippen molar-refractivity contribution < 1.29 is 13.6 Å². The maximum Gasteiger partial charge on any atom is 0.241 e. The zero-order chi connectivity index (χ0) is 14.3. The van der Waals surface area contributed by atoms with Crippen LogP contribution < -0.4 is 10.6 Å². The lowest BCUT2D eigenvalue weighted by molar-refractivity contribution is -0.118. The Morgan fingerprint density at radius 2 is 2.00 bits per heavy atom. The van der Waals surface area contributed by atoms with Gasteiger partial charge in [0.2, 0.25) is 5.91 Å². The Balaban J connectivity index is 1.76. The van der Waals surface area contributed by atoms with Crippen LogP contribution in [-0.4, -0.2) is 18.5 Å². The summed E-state index contributed by atoms with van der Waals surface area (Å²) in [7, 11) is 0. The normalized spacial score (nSPS) is 28.4. The Morgan fingerprint density at radius 3 is 2.70 bits per heavy atom. The summed E-state index contributed by atoms with van der Waals surface area (Å²) in [6.45, 7) is 0.814. The van der Waals surface area contributed by atoms with Crippen LogP contribution in [0.5, 0.6) is 0 Å². The van der Waals surface area contributed by atoms with E-state index in [2.05, 4.69) is 26.6 Å². The fourth-order valence-electron chi connectivity index (χ4n) is 3.34. The van der Waals surface area contributed by atoms with Crippen molar-refractivity contribution >= 4 is 27.5 Å². The van der Waals surface area contributed by atoms with Crippen LogP contribution in [0.3, 0.4) is 0 Å². The van der Waals surface area contributed by atoms with Gasteiger partial charge in [0.25, 0.3) is 0 Å². The van der Waals surface area contributed by atoms with Gasteiger partial charge in [-0.2, -0.15) is 0 Å². The summed E-state index contributed by atoms with van der Waals surface area (Å²) in [5.41, 5.74) is -0.374. The Morgan fingerprint density at radius 1 is 1.30 bits per heavy atom. The molecule has 0 aromatic heterocycles. The molecule has 1 amide bonds. The predicted molar refractivity (Wildman–Crippen MR) is 75.3 cm³/mol. The van der Waals surface area contributed by atoms with Gasteiger partial charge < -0.3 is 10.6 Å². The molecular formula is C14H15BrF2N2O. The Hall–Kier alpha value is -1.01. The van der Waals surface area contributed by atoms with E-state index in [1.54, 1.807) is 0 Å². The average Bonchev–Trinajstić information content (AvgIpc) is 2.95. The number of hydrogen-bond donors (Lipinski definition) is 2. The van der Waals surface area contributed by atoms with E-state index in [-0.39, 0.29) is 23.6 Å². The number of anilines is 1. The van der Waals surface area contributed by atoms with Crippen LogP contribution >= 0.6 is 15.9 Å². The lowest BCUT2D eigenvalue weighted by Gasteiger charge is -2.18. The van der Waals surface area contributed by atoms with E-state index in [1.807, 2.05) is 0 Å². The van der Waals surface area contributed by atoms with Gasteiger partial charge in [-0.25, -0.2) is 8.78 Å². The van der Waals surface area contributed by atoms with Gasteiger partial charge in [0.1, 0.15) is 5.69 Å². The number of rotatable bonds is 2. The fourth-order valence-corrected chi connectivity index (χ4v) is 3.74. The van der Waals surface area contributed by atoms with Crippen LogP contribution in [0.1, 0.15) is 19.3 Å². The van der Waals surface area contributed by atoms with Gasteiger partial charge in [-0.1, -0.05) is 22.4 Å². The van der Waals surface area contributed by atoms with E-state index in [0.717, 1.165) is 37.9 Å². The number of amides is 1. The number of fused-ring (bicyclic) bond motifs is 1. The summed E-state index contributed by atoms with van der Waals surface area (Å²) >= 11 is 3.01. The maximum atomic E-state index is 13.7. The van der Waals surface area contributed by atoms with Crippen LogP contribution in [0.2, 0.25) is 0 Å². The summed E-state index contributed by atoms with van der Waals surface area (Å²) in [5.74, 6) is -1.08. The highest BCUT2D eigenvalue weighted by atomic mass is 79.9. The number of carbonyl (C=O) groups excluding carboxylic acids is 1. The van der Waals surface area contributed by atoms with Gasteiger partial charge in [0.15, 0.2) is 11.6 Å². The molecule has 1 saturated heterocycles. The molecule has 1 heterocycles. The molecule has 1 aromatic rings. The molecule has 3 nitrogen and oxygen atoms in total. The van der Waals surface area contributed by atoms with Crippen molar-refractivity contribution in [1.82, 2.24) is 5.32 Å². The lowest BCUT2D eigenvalue weighted by atomic mass is 9.93. The number of carbonyl (C=O) groups is 1. The SMILES string of the molecule is O=C(Nc1c(F)cc(Br)cc1F)C1NCC2CCCC21. The van der Waals surface area contributed by atoms with E-state index < -0.39 is 11.6 Å². The Bertz CT molecular complexity index is 529. The van der Waals surface area contributed by atoms with Gasteiger partial charge in [-0.05, 0) is 43.4 Å². The first-order valence-electron chi connectivity index (χ1n) is 6.75. The fraction of sp³-hybridized carbons (Fsp3) is 0.500. The largest absolute Gasteiger partial charge is 0.320 e. The molecule has 2 N–H and O–H groups in total. The van der Waals surface area contributed by atoms with E-state index in [0.29, 0.717) is 10.4 Å². The quantitative estimate of drug-likeness (QED) is 0.865. The standard InChI is InChI=1S/C14H15BrF2N2O/c15-8-4-10(16)13(11(17)5-8)19-14(20)12-9-3-1-2-7(9)6-18-12/h4-5,7,9,12,18H,1-3,6H2,(H,19,20). The van der Waals surface area contributed by atoms with E-state index in [9.17, 15) is 13.6 Å². The Labute approximate surface area is 124 Å². The second kappa shape index (κ2) is 5.41. The lowest BCUT2D eigenvalue weighted by Crippen LogP contribution is -2.40. The first-order valence-corrected chi connectivity index (χ1v) is 7.54. The molecule has 1 aliphatic heterocycles. The third kappa shape index (κ3) is 2.46. The molecule has 6 heteroatoms. The second-order valence-electron chi connectivity index (χ2n) is 5.47. The highest BCUT2D eigenvalue weighted by molar-refractivity contribution is 9.10. The van der Waals surface area contributed by atoms with Gasteiger partial charge in [0.05, 0.1) is 6.04 Å². The maximum absolute atomic E-state index is 13.7. The molecule has 1 saturated carbocycles. The molecule has 0 spiro atoms. The van der Waals surface area contributed by atoms with Crippen molar-refractivity contribution in [2.75, 3.05) is 11.9 Å². The minimum atomic E-state index is -0.772. The first kappa shape index (κ1) is 13.9. The van der Waals surface area contributed by atoms with E-state index in [4.69, 9.17) is 0 Å². The molecule has 0 bridgehead atoms. The van der Waals surface area contributed by atoms with Crippen LogP contribution in [0.25, 0.3) is 0 Å². The topological polar surface area (TPSA) is 41.1 Å². The van der Waals surface area contributed by atoms with Crippen LogP contribution in [0.4, 0.5) is 14.5 Å². The summed E-state index contributed by atoms with van der Waals surface area (Å²) in [5, 5.41) is 5.55. The van der Waals surface area contributed by atoms with Crippen molar-refractivity contribution in [3.05, 3.63) is 28.2 Å². The minimum absolute atomic E-state index is 0.288. The smallest absolute Gasteiger partial charge is 0.241 e. The minimum Gasteiger partial charge on any atom is -0.320 e. The van der Waals surface area contributed by atoms with Crippen LogP contribution in [0, 0.1) is 23.5 Å². The van der Waals surface area contributed by atoms with E-state index >= 15 is 0 Å². The van der Waals surface area contributed by atoms with Crippen molar-refractivity contribution in [3.8, 4) is 0 Å². The predicted octanol–water partition coefficient (Wildman–Crippen LogP) is 3.05. The van der Waals surface area contributed by atoms with Gasteiger partial charge >= 0.3 is 0 Å². The number of benzene rings is 1. The molecule has 3 atom stereocenters. The third-order valence-corrected chi connectivity index (χ3v) is 4.74. The molecule has 3 unspecified atom stereocenters. The second-order valence-corrected chi connectivity index (χ2v) is 6.39. The highest BCUT2D eigenvalue weighted by Gasteiger charge is 2.42. The Kier molecular flexibility index (Phi) is 3.77. The number of nitrogens with one attached hydrogen (secondary N) is 2. The molecule has 3 rings (SSSR count). The van der Waals surface area contributed by atoms with Gasteiger partial charge in [-0.15, -0.1) is 0 Å². The summed E-state index contributed by atoms with van der Waals surface area (Å²) in [6.07, 6.45) is 3.26. The van der Waals surface area contributed by atoms with Crippen molar-refractivity contribution in [2.45, 2.75) is 25.3 Å². The summed E-state index contributed by atoms with van der Waals surface area (Å²) in [6, 6.07) is 1.93. The van der Waals surface area contributed by atoms with Crippen LogP contribution in [-0.2, 0) is 4.79 Å². The zero-order valence-corrected chi connectivity index (χ0v) is 12.3. The van der Waals surface area contributed by atoms with Crippen molar-refractivity contribution in [2.24, 2.45) is 11.8 Å². The molecule has 0 radical (unpaired) electrons. The van der Waals surface area contributed by atoms with Crippen LogP contribution in [0.15, 0.2) is 16.6 Å². The molecule has 20 heavy (non-hydrogen) atoms. The molecule has 1 aliphatic carbocycles. The molecule has 2 aliphatic rings. The highest BCUT2D eigenvalue weighted by Crippen LogP contribution is 2.38. The van der Waals surface area contributed by atoms with Crippen molar-refractivity contribution in [3.63, 3.8) is 0 Å². The first-order chi connectivity index (χ1) is 9.56. The molecule has 1 aromatic carbocycles. The third-order valence-electron chi connectivity index (χ3n) is 4.28. The van der Waals surface area contributed by atoms with E-state index in [1.165, 1.54) is 0 Å². The number of hydrogen-bond acceptors (Lipinski definition) is 2. The zero-order valence-electron chi connectivity index (χ0n) is 10.8. The monoisotopic (exact) mass is 344 g/mol. The molecule has 2 fully saturated rings. The molecular weight excluding hydrogens is 330 g/mol.